The van der Waals surface area contributed by atoms with Crippen LogP contribution in [0.25, 0.3) is 0 Å². The van der Waals surface area contributed by atoms with Crippen LogP contribution < -0.4 is 5.32 Å². The molecule has 1 aromatic heterocycles. The van der Waals surface area contributed by atoms with Gasteiger partial charge in [-0.15, -0.1) is 0 Å². The van der Waals surface area contributed by atoms with Crippen LogP contribution in [0.1, 0.15) is 30.6 Å². The molecule has 16 heavy (non-hydrogen) atoms. The van der Waals surface area contributed by atoms with Gasteiger partial charge in [0.2, 0.25) is 0 Å². The molecule has 0 aromatic carbocycles. The van der Waals surface area contributed by atoms with Gasteiger partial charge in [-0.1, -0.05) is 29.8 Å². The highest BCUT2D eigenvalue weighted by Crippen LogP contribution is 2.08. The van der Waals surface area contributed by atoms with E-state index in [1.165, 1.54) is 0 Å². The molecule has 0 radical (unpaired) electrons. The lowest BCUT2D eigenvalue weighted by atomic mass is 10.1. The normalized spacial score (nSPS) is 12.5. The number of carbonyl (C=O) groups is 1. The lowest BCUT2D eigenvalue weighted by Crippen LogP contribution is -2.37. The third-order valence-corrected chi connectivity index (χ3v) is 2.98. The Balaban J connectivity index is 2.56. The predicted molar refractivity (Wildman–Crippen MR) is 68.7 cm³/mol. The van der Waals surface area contributed by atoms with E-state index in [1.54, 1.807) is 24.5 Å². The average molecular weight is 285 g/mol. The van der Waals surface area contributed by atoms with E-state index in [1.807, 2.05) is 0 Å². The first-order valence-corrected chi connectivity index (χ1v) is 6.52. The van der Waals surface area contributed by atoms with Crippen molar-refractivity contribution in [3.05, 3.63) is 30.1 Å². The van der Waals surface area contributed by atoms with Crippen LogP contribution in [-0.4, -0.2) is 22.3 Å². The van der Waals surface area contributed by atoms with Gasteiger partial charge in [-0.05, 0) is 24.5 Å². The maximum atomic E-state index is 11.8. The summed E-state index contributed by atoms with van der Waals surface area (Å²) in [5.74, 6) is 0.509. The van der Waals surface area contributed by atoms with Crippen LogP contribution >= 0.6 is 15.9 Å². The number of hydrogen-bond donors (Lipinski definition) is 1. The van der Waals surface area contributed by atoms with Crippen molar-refractivity contribution in [3.8, 4) is 0 Å². The third kappa shape index (κ3) is 4.31. The Morgan fingerprint density at radius 3 is 2.81 bits per heavy atom. The number of halogens is 1. The maximum absolute atomic E-state index is 11.8. The van der Waals surface area contributed by atoms with Crippen LogP contribution in [0, 0.1) is 5.92 Å². The van der Waals surface area contributed by atoms with E-state index in [2.05, 4.69) is 40.1 Å². The van der Waals surface area contributed by atoms with Crippen molar-refractivity contribution in [1.29, 1.82) is 0 Å². The molecule has 0 bridgehead atoms. The zero-order chi connectivity index (χ0) is 12.0. The number of aromatic nitrogens is 1. The van der Waals surface area contributed by atoms with Crippen molar-refractivity contribution < 1.29 is 4.79 Å². The highest BCUT2D eigenvalue weighted by molar-refractivity contribution is 9.09. The molecule has 1 N–H and O–H groups in total. The zero-order valence-corrected chi connectivity index (χ0v) is 11.2. The highest BCUT2D eigenvalue weighted by atomic mass is 79.9. The molecule has 0 saturated heterocycles. The minimum absolute atomic E-state index is 0.0572. The summed E-state index contributed by atoms with van der Waals surface area (Å²) in [6, 6.07) is 3.71. The topological polar surface area (TPSA) is 42.0 Å². The van der Waals surface area contributed by atoms with Gasteiger partial charge in [0.15, 0.2) is 0 Å². The molecule has 0 aliphatic rings. The van der Waals surface area contributed by atoms with E-state index in [-0.39, 0.29) is 11.9 Å². The summed E-state index contributed by atoms with van der Waals surface area (Å²) in [6.07, 6.45) is 4.21. The summed E-state index contributed by atoms with van der Waals surface area (Å²) in [6.45, 7) is 4.29. The summed E-state index contributed by atoms with van der Waals surface area (Å²) >= 11 is 3.42. The quantitative estimate of drug-likeness (QED) is 0.845. The van der Waals surface area contributed by atoms with Gasteiger partial charge in [0.05, 0.1) is 5.56 Å². The van der Waals surface area contributed by atoms with Crippen LogP contribution in [0.2, 0.25) is 0 Å². The molecule has 0 aliphatic carbocycles. The second-order valence-electron chi connectivity index (χ2n) is 4.20. The molecule has 0 fully saturated rings. The number of alkyl halides is 1. The number of hydrogen-bond acceptors (Lipinski definition) is 2. The second-order valence-corrected chi connectivity index (χ2v) is 4.84. The van der Waals surface area contributed by atoms with Crippen molar-refractivity contribution in [2.75, 3.05) is 5.33 Å². The molecule has 0 spiro atoms. The van der Waals surface area contributed by atoms with Crippen molar-refractivity contribution in [2.45, 2.75) is 26.3 Å². The molecular weight excluding hydrogens is 268 g/mol. The number of nitrogens with zero attached hydrogens (tertiary/aromatic N) is 1. The molecule has 88 valence electrons. The third-order valence-electron chi connectivity index (χ3n) is 2.20. The van der Waals surface area contributed by atoms with Gasteiger partial charge in [0.25, 0.3) is 5.91 Å². The Bertz CT molecular complexity index is 327. The number of pyridine rings is 1. The molecule has 4 heteroatoms. The second kappa shape index (κ2) is 6.63. The first-order chi connectivity index (χ1) is 7.63. The summed E-state index contributed by atoms with van der Waals surface area (Å²) in [4.78, 5) is 15.8. The Morgan fingerprint density at radius 2 is 2.31 bits per heavy atom. The minimum atomic E-state index is -0.0572. The molecule has 1 unspecified atom stereocenters. The van der Waals surface area contributed by atoms with Gasteiger partial charge < -0.3 is 5.32 Å². The van der Waals surface area contributed by atoms with E-state index in [0.29, 0.717) is 11.5 Å². The molecule has 3 nitrogen and oxygen atoms in total. The van der Waals surface area contributed by atoms with Crippen LogP contribution in [0.5, 0.6) is 0 Å². The van der Waals surface area contributed by atoms with Crippen LogP contribution in [0.4, 0.5) is 0 Å². The standard InChI is InChI=1S/C12H17BrN2O/c1-9(2)6-11(7-13)15-12(16)10-4-3-5-14-8-10/h3-5,8-9,11H,6-7H2,1-2H3,(H,15,16). The summed E-state index contributed by atoms with van der Waals surface area (Å²) < 4.78 is 0. The lowest BCUT2D eigenvalue weighted by Gasteiger charge is -2.18. The van der Waals surface area contributed by atoms with E-state index >= 15 is 0 Å². The lowest BCUT2D eigenvalue weighted by molar-refractivity contribution is 0.0937. The van der Waals surface area contributed by atoms with E-state index in [4.69, 9.17) is 0 Å². The Hall–Kier alpha value is -0.900. The molecule has 0 aliphatic heterocycles. The number of rotatable bonds is 5. The fourth-order valence-corrected chi connectivity index (χ4v) is 1.92. The highest BCUT2D eigenvalue weighted by Gasteiger charge is 2.13. The van der Waals surface area contributed by atoms with E-state index in [0.717, 1.165) is 11.8 Å². The van der Waals surface area contributed by atoms with E-state index in [9.17, 15) is 4.79 Å². The largest absolute Gasteiger partial charge is 0.348 e. The smallest absolute Gasteiger partial charge is 0.253 e. The number of nitrogens with one attached hydrogen (secondary N) is 1. The van der Waals surface area contributed by atoms with Crippen molar-refractivity contribution in [1.82, 2.24) is 10.3 Å². The van der Waals surface area contributed by atoms with Crippen molar-refractivity contribution in [2.24, 2.45) is 5.92 Å². The van der Waals surface area contributed by atoms with Gasteiger partial charge >= 0.3 is 0 Å². The van der Waals surface area contributed by atoms with Crippen LogP contribution in [0.3, 0.4) is 0 Å². The first kappa shape index (κ1) is 13.2. The fraction of sp³-hybridized carbons (Fsp3) is 0.500. The van der Waals surface area contributed by atoms with Gasteiger partial charge in [0, 0.05) is 23.8 Å². The molecular formula is C12H17BrN2O. The molecule has 1 atom stereocenters. The van der Waals surface area contributed by atoms with Crippen LogP contribution in [-0.2, 0) is 0 Å². The monoisotopic (exact) mass is 284 g/mol. The van der Waals surface area contributed by atoms with Crippen molar-refractivity contribution in [3.63, 3.8) is 0 Å². The summed E-state index contributed by atoms with van der Waals surface area (Å²) in [7, 11) is 0. The molecule has 1 heterocycles. The molecule has 1 amide bonds. The minimum Gasteiger partial charge on any atom is -0.348 e. The Labute approximate surface area is 105 Å². The Morgan fingerprint density at radius 1 is 1.56 bits per heavy atom. The fourth-order valence-electron chi connectivity index (χ4n) is 1.50. The van der Waals surface area contributed by atoms with Gasteiger partial charge in [-0.3, -0.25) is 9.78 Å². The molecule has 0 saturated carbocycles. The van der Waals surface area contributed by atoms with Gasteiger partial charge in [0.1, 0.15) is 0 Å². The zero-order valence-electron chi connectivity index (χ0n) is 9.61. The van der Waals surface area contributed by atoms with Gasteiger partial charge in [-0.2, -0.15) is 0 Å². The summed E-state index contributed by atoms with van der Waals surface area (Å²) in [5.41, 5.74) is 0.609. The Kier molecular flexibility index (Phi) is 5.46. The summed E-state index contributed by atoms with van der Waals surface area (Å²) in [5, 5.41) is 3.76. The van der Waals surface area contributed by atoms with Gasteiger partial charge in [-0.25, -0.2) is 0 Å². The average Bonchev–Trinajstić information content (AvgIpc) is 2.28. The first-order valence-electron chi connectivity index (χ1n) is 5.40. The molecule has 1 aromatic rings. The van der Waals surface area contributed by atoms with E-state index < -0.39 is 0 Å². The number of amides is 1. The maximum Gasteiger partial charge on any atom is 0.253 e. The van der Waals surface area contributed by atoms with Crippen molar-refractivity contribution >= 4 is 21.8 Å². The number of carbonyl (C=O) groups excluding carboxylic acids is 1. The molecule has 1 rings (SSSR count). The van der Waals surface area contributed by atoms with Crippen LogP contribution in [0.15, 0.2) is 24.5 Å². The SMILES string of the molecule is CC(C)CC(CBr)NC(=O)c1cccnc1. The predicted octanol–water partition coefficient (Wildman–Crippen LogP) is 2.62.